The first kappa shape index (κ1) is 20.8. The van der Waals surface area contributed by atoms with Crippen LogP contribution in [-0.4, -0.2) is 34.2 Å². The van der Waals surface area contributed by atoms with E-state index in [1.807, 2.05) is 19.9 Å². The summed E-state index contributed by atoms with van der Waals surface area (Å²) in [6.07, 6.45) is 2.83. The van der Waals surface area contributed by atoms with Gasteiger partial charge >= 0.3 is 5.97 Å². The second kappa shape index (κ2) is 9.05. The predicted molar refractivity (Wildman–Crippen MR) is 112 cm³/mol. The molecule has 0 bridgehead atoms. The highest BCUT2D eigenvalue weighted by atomic mass is 32.2. The molecule has 1 N–H and O–H groups in total. The predicted octanol–water partition coefficient (Wildman–Crippen LogP) is 4.19. The molecule has 0 spiro atoms. The highest BCUT2D eigenvalue weighted by Gasteiger charge is 2.29. The monoisotopic (exact) mass is 419 g/mol. The van der Waals surface area contributed by atoms with E-state index in [-0.39, 0.29) is 17.6 Å². The van der Waals surface area contributed by atoms with Crippen LogP contribution in [-0.2, 0) is 22.4 Å². The first-order chi connectivity index (χ1) is 13.4. The van der Waals surface area contributed by atoms with Crippen LogP contribution < -0.4 is 5.32 Å². The normalized spacial score (nSPS) is 15.8. The van der Waals surface area contributed by atoms with E-state index in [4.69, 9.17) is 4.74 Å². The Hall–Kier alpha value is -1.93. The lowest BCUT2D eigenvalue weighted by Crippen LogP contribution is -2.18. The summed E-state index contributed by atoms with van der Waals surface area (Å²) >= 11 is 2.79. The number of rotatable bonds is 6. The highest BCUT2D eigenvalue weighted by Crippen LogP contribution is 2.40. The van der Waals surface area contributed by atoms with Gasteiger partial charge in [0.15, 0.2) is 5.16 Å². The van der Waals surface area contributed by atoms with Crippen molar-refractivity contribution in [3.05, 3.63) is 33.5 Å². The molecule has 3 rings (SSSR count). The maximum atomic E-state index is 12.5. The van der Waals surface area contributed by atoms with Crippen molar-refractivity contribution in [2.45, 2.75) is 52.1 Å². The standard InChI is InChI=1S/C20H25N3O3S2/c1-5-26-19(25)17-14-7-6-11(2)8-15(14)28-18(17)23-16(24)10-27-20-21-12(3)9-13(4)22-20/h9,11H,5-8,10H2,1-4H3,(H,23,24)/t11-/m0/s1. The Balaban J connectivity index is 1.75. The molecule has 2 aromatic rings. The number of nitrogens with zero attached hydrogens (tertiary/aromatic N) is 2. The van der Waals surface area contributed by atoms with Gasteiger partial charge in [-0.15, -0.1) is 11.3 Å². The van der Waals surface area contributed by atoms with E-state index >= 15 is 0 Å². The van der Waals surface area contributed by atoms with E-state index in [0.29, 0.717) is 28.2 Å². The van der Waals surface area contributed by atoms with Gasteiger partial charge in [0.2, 0.25) is 5.91 Å². The van der Waals surface area contributed by atoms with E-state index < -0.39 is 0 Å². The van der Waals surface area contributed by atoms with Crippen LogP contribution in [0, 0.1) is 19.8 Å². The number of ether oxygens (including phenoxy) is 1. The van der Waals surface area contributed by atoms with Crippen molar-refractivity contribution in [2.24, 2.45) is 5.92 Å². The maximum absolute atomic E-state index is 12.5. The summed E-state index contributed by atoms with van der Waals surface area (Å²) in [5.74, 6) is 0.242. The van der Waals surface area contributed by atoms with Gasteiger partial charge in [-0.3, -0.25) is 4.79 Å². The van der Waals surface area contributed by atoms with Gasteiger partial charge in [0.05, 0.1) is 17.9 Å². The van der Waals surface area contributed by atoms with Gasteiger partial charge in [-0.2, -0.15) is 0 Å². The summed E-state index contributed by atoms with van der Waals surface area (Å²) < 4.78 is 5.25. The lowest BCUT2D eigenvalue weighted by Gasteiger charge is -2.18. The van der Waals surface area contributed by atoms with Gasteiger partial charge in [-0.05, 0) is 57.6 Å². The first-order valence-corrected chi connectivity index (χ1v) is 11.2. The van der Waals surface area contributed by atoms with Gasteiger partial charge in [-0.1, -0.05) is 18.7 Å². The van der Waals surface area contributed by atoms with Crippen molar-refractivity contribution in [1.29, 1.82) is 0 Å². The molecule has 0 saturated heterocycles. The fourth-order valence-electron chi connectivity index (χ4n) is 3.31. The number of thiophene rings is 1. The van der Waals surface area contributed by atoms with Crippen LogP contribution >= 0.6 is 23.1 Å². The number of aromatic nitrogens is 2. The van der Waals surface area contributed by atoms with E-state index in [9.17, 15) is 9.59 Å². The number of carbonyl (C=O) groups is 2. The number of anilines is 1. The zero-order valence-electron chi connectivity index (χ0n) is 16.6. The zero-order chi connectivity index (χ0) is 20.3. The molecule has 0 radical (unpaired) electrons. The number of hydrogen-bond donors (Lipinski definition) is 1. The van der Waals surface area contributed by atoms with Crippen molar-refractivity contribution in [3.8, 4) is 0 Å². The molecule has 0 aliphatic heterocycles. The number of thioether (sulfide) groups is 1. The Kier molecular flexibility index (Phi) is 6.72. The third-order valence-electron chi connectivity index (χ3n) is 4.54. The topological polar surface area (TPSA) is 81.2 Å². The second-order valence-corrected chi connectivity index (χ2v) is 9.09. The zero-order valence-corrected chi connectivity index (χ0v) is 18.3. The van der Waals surface area contributed by atoms with Crippen LogP contribution in [0.15, 0.2) is 11.2 Å². The number of esters is 1. The average molecular weight is 420 g/mol. The Labute approximate surface area is 173 Å². The molecule has 0 unspecified atom stereocenters. The molecule has 1 amide bonds. The van der Waals surface area contributed by atoms with Crippen LogP contribution in [0.3, 0.4) is 0 Å². The average Bonchev–Trinajstić information content (AvgIpc) is 2.96. The molecule has 0 fully saturated rings. The molecule has 0 aromatic carbocycles. The third kappa shape index (κ3) is 4.91. The summed E-state index contributed by atoms with van der Waals surface area (Å²) in [5.41, 5.74) is 3.33. The lowest BCUT2D eigenvalue weighted by atomic mass is 9.88. The maximum Gasteiger partial charge on any atom is 0.341 e. The molecule has 150 valence electrons. The minimum atomic E-state index is -0.352. The summed E-state index contributed by atoms with van der Waals surface area (Å²) in [6, 6.07) is 1.90. The van der Waals surface area contributed by atoms with Gasteiger partial charge in [0.25, 0.3) is 0 Å². The fraction of sp³-hybridized carbons (Fsp3) is 0.500. The van der Waals surface area contributed by atoms with Crippen molar-refractivity contribution >= 4 is 40.0 Å². The van der Waals surface area contributed by atoms with Crippen LogP contribution in [0.4, 0.5) is 5.00 Å². The minimum absolute atomic E-state index is 0.176. The van der Waals surface area contributed by atoms with Gasteiger partial charge in [-0.25, -0.2) is 14.8 Å². The van der Waals surface area contributed by atoms with Gasteiger partial charge in [0, 0.05) is 16.3 Å². The fourth-order valence-corrected chi connectivity index (χ4v) is 5.47. The van der Waals surface area contributed by atoms with Crippen molar-refractivity contribution in [2.75, 3.05) is 17.7 Å². The van der Waals surface area contributed by atoms with Crippen LogP contribution in [0.5, 0.6) is 0 Å². The Bertz CT molecular complexity index is 875. The molecular formula is C20H25N3O3S2. The highest BCUT2D eigenvalue weighted by molar-refractivity contribution is 7.99. The van der Waals surface area contributed by atoms with E-state index in [2.05, 4.69) is 22.2 Å². The molecule has 1 aliphatic rings. The molecule has 0 saturated carbocycles. The van der Waals surface area contributed by atoms with Gasteiger partial charge < -0.3 is 10.1 Å². The largest absolute Gasteiger partial charge is 0.462 e. The lowest BCUT2D eigenvalue weighted by molar-refractivity contribution is -0.113. The Morgan fingerprint density at radius 2 is 2.04 bits per heavy atom. The Morgan fingerprint density at radius 3 is 2.71 bits per heavy atom. The van der Waals surface area contributed by atoms with Crippen LogP contribution in [0.25, 0.3) is 0 Å². The number of carbonyl (C=O) groups excluding carboxylic acids is 2. The number of nitrogens with one attached hydrogen (secondary N) is 1. The summed E-state index contributed by atoms with van der Waals surface area (Å²) in [7, 11) is 0. The van der Waals surface area contributed by atoms with Crippen LogP contribution in [0.1, 0.15) is 52.5 Å². The minimum Gasteiger partial charge on any atom is -0.462 e. The second-order valence-electron chi connectivity index (χ2n) is 7.05. The smallest absolute Gasteiger partial charge is 0.341 e. The molecule has 1 atom stereocenters. The number of fused-ring (bicyclic) bond motifs is 1. The summed E-state index contributed by atoms with van der Waals surface area (Å²) in [5, 5.41) is 4.11. The summed E-state index contributed by atoms with van der Waals surface area (Å²) in [6.45, 7) is 8.12. The van der Waals surface area contributed by atoms with E-state index in [1.165, 1.54) is 28.0 Å². The van der Waals surface area contributed by atoms with Crippen molar-refractivity contribution in [1.82, 2.24) is 9.97 Å². The van der Waals surface area contributed by atoms with E-state index in [0.717, 1.165) is 36.2 Å². The van der Waals surface area contributed by atoms with Crippen molar-refractivity contribution < 1.29 is 14.3 Å². The molecule has 1 aliphatic carbocycles. The van der Waals surface area contributed by atoms with E-state index in [1.54, 1.807) is 6.92 Å². The summed E-state index contributed by atoms with van der Waals surface area (Å²) in [4.78, 5) is 34.9. The molecular weight excluding hydrogens is 394 g/mol. The first-order valence-electron chi connectivity index (χ1n) is 9.44. The molecule has 6 nitrogen and oxygen atoms in total. The molecule has 28 heavy (non-hydrogen) atoms. The van der Waals surface area contributed by atoms with Crippen molar-refractivity contribution in [3.63, 3.8) is 0 Å². The number of hydrogen-bond acceptors (Lipinski definition) is 7. The molecule has 2 aromatic heterocycles. The van der Waals surface area contributed by atoms with Gasteiger partial charge in [0.1, 0.15) is 5.00 Å². The Morgan fingerprint density at radius 1 is 1.32 bits per heavy atom. The SMILES string of the molecule is CCOC(=O)c1c(NC(=O)CSc2nc(C)cc(C)n2)sc2c1CC[C@H](C)C2. The molecule has 2 heterocycles. The third-order valence-corrected chi connectivity index (χ3v) is 6.56. The quantitative estimate of drug-likeness (QED) is 0.430. The molecule has 8 heteroatoms. The number of aryl methyl sites for hydroxylation is 2. The number of amides is 1. The van der Waals surface area contributed by atoms with Crippen LogP contribution in [0.2, 0.25) is 0 Å².